The number of alkyl halides is 1. The first kappa shape index (κ1) is 23.2. The summed E-state index contributed by atoms with van der Waals surface area (Å²) in [5, 5.41) is 11.8. The number of aliphatic hydroxyl groups excluding tert-OH is 1. The van der Waals surface area contributed by atoms with Gasteiger partial charge in [-0.1, -0.05) is 49.2 Å². The van der Waals surface area contributed by atoms with E-state index in [2.05, 4.69) is 29.8 Å². The zero-order chi connectivity index (χ0) is 23.1. The maximum Gasteiger partial charge on any atom is 0.303 e. The predicted molar refractivity (Wildman–Crippen MR) is 121 cm³/mol. The minimum absolute atomic E-state index is 0.103. The van der Waals surface area contributed by atoms with Crippen molar-refractivity contribution in [2.24, 2.45) is 34.5 Å². The fourth-order valence-electron chi connectivity index (χ4n) is 8.55. The number of Topliss-reactive ketones (excluding diaryl/α,β-unsaturated/α-hetero) is 1. The monoisotopic (exact) mass is 494 g/mol. The Kier molecular flexibility index (Phi) is 5.22. The summed E-state index contributed by atoms with van der Waals surface area (Å²) in [6.45, 7) is 11.3. The van der Waals surface area contributed by atoms with Crippen molar-refractivity contribution in [2.75, 3.05) is 0 Å². The molecule has 3 fully saturated rings. The first-order chi connectivity index (χ1) is 14.3. The van der Waals surface area contributed by atoms with E-state index in [1.807, 2.05) is 19.9 Å². The van der Waals surface area contributed by atoms with Crippen LogP contribution in [-0.2, 0) is 19.1 Å². The number of aliphatic hydroxyl groups is 1. The van der Waals surface area contributed by atoms with Crippen molar-refractivity contribution in [3.05, 3.63) is 11.6 Å². The van der Waals surface area contributed by atoms with Crippen molar-refractivity contribution in [3.63, 3.8) is 0 Å². The van der Waals surface area contributed by atoms with E-state index in [9.17, 15) is 19.5 Å². The molecule has 0 spiro atoms. The molecule has 0 aromatic heterocycles. The lowest BCUT2D eigenvalue weighted by Crippen LogP contribution is -2.70. The van der Waals surface area contributed by atoms with Crippen molar-refractivity contribution in [3.8, 4) is 0 Å². The van der Waals surface area contributed by atoms with Crippen LogP contribution in [0.4, 0.5) is 0 Å². The topological polar surface area (TPSA) is 80.7 Å². The van der Waals surface area contributed by atoms with Crippen molar-refractivity contribution < 1.29 is 24.2 Å². The molecule has 0 heterocycles. The quantitative estimate of drug-likeness (QED) is 0.454. The third-order valence-corrected chi connectivity index (χ3v) is 11.7. The molecule has 3 saturated carbocycles. The summed E-state index contributed by atoms with van der Waals surface area (Å²) in [5.74, 6) is -0.0981. The minimum Gasteiger partial charge on any atom is -0.450 e. The molecule has 31 heavy (non-hydrogen) atoms. The Labute approximate surface area is 193 Å². The molecule has 0 unspecified atom stereocenters. The SMILES string of the molecule is CC(=O)O[C@]1(C(C)=O)[C@@H](C)C[C@H]2[C@@H]3C[C@H](C)C4=CC(=O)CC[C@]4(C)[C@@]3(Br)[C@@H](O)C[C@@]21C. The van der Waals surface area contributed by atoms with Crippen LogP contribution >= 0.6 is 15.9 Å². The minimum atomic E-state index is -1.22. The van der Waals surface area contributed by atoms with Crippen molar-refractivity contribution in [2.45, 2.75) is 89.7 Å². The number of rotatable bonds is 2. The van der Waals surface area contributed by atoms with Gasteiger partial charge >= 0.3 is 5.97 Å². The normalized spacial score (nSPS) is 51.3. The van der Waals surface area contributed by atoms with E-state index in [1.165, 1.54) is 13.8 Å². The average Bonchev–Trinajstić information content (AvgIpc) is 2.87. The van der Waals surface area contributed by atoms with Gasteiger partial charge in [0.15, 0.2) is 17.2 Å². The molecule has 0 amide bonds. The van der Waals surface area contributed by atoms with Crippen LogP contribution in [0.15, 0.2) is 11.6 Å². The van der Waals surface area contributed by atoms with E-state index in [0.717, 1.165) is 18.4 Å². The zero-order valence-electron chi connectivity index (χ0n) is 19.5. The van der Waals surface area contributed by atoms with Crippen LogP contribution in [0.1, 0.15) is 73.6 Å². The van der Waals surface area contributed by atoms with E-state index in [-0.39, 0.29) is 40.7 Å². The molecule has 4 aliphatic carbocycles. The van der Waals surface area contributed by atoms with Crippen LogP contribution in [-0.4, -0.2) is 38.7 Å². The van der Waals surface area contributed by atoms with E-state index in [0.29, 0.717) is 19.3 Å². The second-order valence-electron chi connectivity index (χ2n) is 11.2. The van der Waals surface area contributed by atoms with Gasteiger partial charge in [-0.2, -0.15) is 0 Å². The van der Waals surface area contributed by atoms with Crippen LogP contribution in [0.2, 0.25) is 0 Å². The summed E-state index contributed by atoms with van der Waals surface area (Å²) in [7, 11) is 0. The second kappa shape index (κ2) is 6.99. The van der Waals surface area contributed by atoms with Crippen molar-refractivity contribution in [1.29, 1.82) is 0 Å². The molecule has 6 heteroatoms. The fourth-order valence-corrected chi connectivity index (χ4v) is 9.65. The molecule has 0 aliphatic heterocycles. The number of ketones is 2. The third kappa shape index (κ3) is 2.67. The standard InChI is InChI=1S/C25H35BrO5/c1-13-9-20-19-10-14(2)25(15(3)27,31-16(4)28)23(19,6)12-21(30)24(20,26)22(5)8-7-17(29)11-18(13)22/h11,13-14,19-21,30H,7-10,12H2,1-6H3/t13-,14-,19-,20-,21-,22-,23-,24-,25-/m0/s1. The number of halogens is 1. The largest absolute Gasteiger partial charge is 0.450 e. The predicted octanol–water partition coefficient (Wildman–Crippen LogP) is 4.39. The van der Waals surface area contributed by atoms with E-state index >= 15 is 0 Å². The van der Waals surface area contributed by atoms with E-state index < -0.39 is 27.4 Å². The summed E-state index contributed by atoms with van der Waals surface area (Å²) < 4.78 is 5.33. The molecule has 5 nitrogen and oxygen atoms in total. The Morgan fingerprint density at radius 3 is 2.39 bits per heavy atom. The first-order valence-electron chi connectivity index (χ1n) is 11.6. The van der Waals surface area contributed by atoms with Gasteiger partial charge in [0.1, 0.15) is 0 Å². The van der Waals surface area contributed by atoms with Gasteiger partial charge in [0, 0.05) is 30.1 Å². The van der Waals surface area contributed by atoms with Crippen LogP contribution < -0.4 is 0 Å². The second-order valence-corrected chi connectivity index (χ2v) is 12.5. The molecule has 0 bridgehead atoms. The Balaban J connectivity index is 1.88. The number of carbonyl (C=O) groups excluding carboxylic acids is 3. The first-order valence-corrected chi connectivity index (χ1v) is 12.4. The summed E-state index contributed by atoms with van der Waals surface area (Å²) in [6, 6.07) is 0. The zero-order valence-corrected chi connectivity index (χ0v) is 21.0. The highest BCUT2D eigenvalue weighted by atomic mass is 79.9. The fraction of sp³-hybridized carbons (Fsp3) is 0.800. The molecule has 9 atom stereocenters. The van der Waals surface area contributed by atoms with Crippen LogP contribution in [0.25, 0.3) is 0 Å². The Bertz CT molecular complexity index is 881. The van der Waals surface area contributed by atoms with E-state index in [4.69, 9.17) is 4.74 Å². The third-order valence-electron chi connectivity index (χ3n) is 9.73. The lowest BCUT2D eigenvalue weighted by Gasteiger charge is -2.66. The van der Waals surface area contributed by atoms with Crippen LogP contribution in [0.5, 0.6) is 0 Å². The number of esters is 1. The van der Waals surface area contributed by atoms with Crippen molar-refractivity contribution in [1.82, 2.24) is 0 Å². The lowest BCUT2D eigenvalue weighted by molar-refractivity contribution is -0.200. The Morgan fingerprint density at radius 1 is 1.16 bits per heavy atom. The highest BCUT2D eigenvalue weighted by molar-refractivity contribution is 9.10. The number of hydrogen-bond acceptors (Lipinski definition) is 5. The summed E-state index contributed by atoms with van der Waals surface area (Å²) >= 11 is 4.09. The van der Waals surface area contributed by atoms with Gasteiger partial charge in [-0.3, -0.25) is 14.4 Å². The number of hydrogen-bond donors (Lipinski definition) is 1. The molecule has 172 valence electrons. The van der Waals surface area contributed by atoms with Gasteiger partial charge in [-0.15, -0.1) is 0 Å². The van der Waals surface area contributed by atoms with Crippen LogP contribution in [0, 0.1) is 34.5 Å². The maximum atomic E-state index is 13.1. The van der Waals surface area contributed by atoms with Gasteiger partial charge in [-0.25, -0.2) is 0 Å². The van der Waals surface area contributed by atoms with Gasteiger partial charge < -0.3 is 9.84 Å². The molecule has 0 radical (unpaired) electrons. The number of ether oxygens (including phenoxy) is 1. The number of allylic oxidation sites excluding steroid dienone is 1. The van der Waals surface area contributed by atoms with Gasteiger partial charge in [0.25, 0.3) is 0 Å². The summed E-state index contributed by atoms with van der Waals surface area (Å²) in [4.78, 5) is 37.5. The summed E-state index contributed by atoms with van der Waals surface area (Å²) in [6.07, 6.45) is 4.27. The van der Waals surface area contributed by atoms with Gasteiger partial charge in [0.05, 0.1) is 10.4 Å². The van der Waals surface area contributed by atoms with E-state index in [1.54, 1.807) is 0 Å². The Morgan fingerprint density at radius 2 is 1.81 bits per heavy atom. The van der Waals surface area contributed by atoms with Crippen molar-refractivity contribution >= 4 is 33.5 Å². The number of carbonyl (C=O) groups is 3. The smallest absolute Gasteiger partial charge is 0.303 e. The Hall–Kier alpha value is -1.01. The molecule has 0 aromatic carbocycles. The highest BCUT2D eigenvalue weighted by Crippen LogP contribution is 2.73. The molecule has 4 aliphatic rings. The maximum absolute atomic E-state index is 13.1. The molecule has 0 aromatic rings. The average molecular weight is 495 g/mol. The molecule has 1 N–H and O–H groups in total. The van der Waals surface area contributed by atoms with Crippen LogP contribution in [0.3, 0.4) is 0 Å². The van der Waals surface area contributed by atoms with Gasteiger partial charge in [-0.05, 0) is 56.4 Å². The lowest BCUT2D eigenvalue weighted by atomic mass is 9.43. The number of fused-ring (bicyclic) bond motifs is 5. The molecular formula is C25H35BrO5. The molecule has 0 saturated heterocycles. The molecular weight excluding hydrogens is 460 g/mol. The summed E-state index contributed by atoms with van der Waals surface area (Å²) in [5.41, 5.74) is -1.06. The van der Waals surface area contributed by atoms with Gasteiger partial charge in [0.2, 0.25) is 0 Å². The highest BCUT2D eigenvalue weighted by Gasteiger charge is 2.76. The molecule has 4 rings (SSSR count).